The number of halogens is 2. The number of nitrogens with zero attached hydrogens (tertiary/aromatic N) is 2. The molecule has 1 atom stereocenters. The number of hydrogen-bond donors (Lipinski definition) is 1. The zero-order chi connectivity index (χ0) is 14.9. The second kappa shape index (κ2) is 5.66. The number of hydrogen-bond acceptors (Lipinski definition) is 3. The van der Waals surface area contributed by atoms with Gasteiger partial charge in [-0.2, -0.15) is 0 Å². The first-order valence-electron chi connectivity index (χ1n) is 6.09. The molecule has 0 bridgehead atoms. The highest BCUT2D eigenvalue weighted by Gasteiger charge is 2.21. The molecule has 1 amide bonds. The van der Waals surface area contributed by atoms with Crippen LogP contribution in [0, 0.1) is 5.82 Å². The molecule has 0 aliphatic rings. The average Bonchev–Trinajstić information content (AvgIpc) is 2.74. The van der Waals surface area contributed by atoms with E-state index in [0.717, 1.165) is 0 Å². The summed E-state index contributed by atoms with van der Waals surface area (Å²) in [6.45, 7) is 1.66. The van der Waals surface area contributed by atoms with Gasteiger partial charge >= 0.3 is 0 Å². The van der Waals surface area contributed by atoms with E-state index in [0.29, 0.717) is 29.2 Å². The highest BCUT2D eigenvalue weighted by atomic mass is 35.5. The van der Waals surface area contributed by atoms with Crippen LogP contribution in [0.4, 0.5) is 4.39 Å². The number of rotatable bonds is 5. The van der Waals surface area contributed by atoms with Gasteiger partial charge < -0.3 is 15.0 Å². The Kier molecular flexibility index (Phi) is 4.13. The topological polar surface area (TPSA) is 70.1 Å². The molecule has 1 aromatic heterocycles. The summed E-state index contributed by atoms with van der Waals surface area (Å²) in [4.78, 5) is 15.8. The van der Waals surface area contributed by atoms with E-state index in [1.807, 2.05) is 0 Å². The molecule has 7 heteroatoms. The summed E-state index contributed by atoms with van der Waals surface area (Å²) in [6, 6.07) is 2.18. The predicted octanol–water partition coefficient (Wildman–Crippen LogP) is 2.01. The largest absolute Gasteiger partial charge is 0.494 e. The van der Waals surface area contributed by atoms with Gasteiger partial charge in [0, 0.05) is 24.4 Å². The Labute approximate surface area is 120 Å². The Morgan fingerprint density at radius 3 is 2.85 bits per heavy atom. The first-order valence-corrected chi connectivity index (χ1v) is 6.62. The lowest BCUT2D eigenvalue weighted by molar-refractivity contribution is -0.120. The highest BCUT2D eigenvalue weighted by Crippen LogP contribution is 2.28. The standard InChI is InChI=1S/C13H15ClFN3O2/c1-7(13(16)19)18-10-6-11(20-2)8(15)5-9(10)17-12(18)3-4-14/h5-7H,3-4H2,1-2H3,(H2,16,19). The quantitative estimate of drug-likeness (QED) is 0.859. The van der Waals surface area contributed by atoms with Crippen LogP contribution < -0.4 is 10.5 Å². The highest BCUT2D eigenvalue weighted by molar-refractivity contribution is 6.17. The molecule has 0 aliphatic carbocycles. The number of primary amides is 1. The van der Waals surface area contributed by atoms with E-state index >= 15 is 0 Å². The Morgan fingerprint density at radius 1 is 1.60 bits per heavy atom. The third-order valence-corrected chi connectivity index (χ3v) is 3.34. The van der Waals surface area contributed by atoms with Crippen LogP contribution >= 0.6 is 11.6 Å². The lowest BCUT2D eigenvalue weighted by Gasteiger charge is -2.14. The number of alkyl halides is 1. The molecule has 20 heavy (non-hydrogen) atoms. The first-order chi connectivity index (χ1) is 9.49. The zero-order valence-corrected chi connectivity index (χ0v) is 11.9. The van der Waals surface area contributed by atoms with Gasteiger partial charge in [-0.15, -0.1) is 11.6 Å². The number of ether oxygens (including phenoxy) is 1. The Bertz CT molecular complexity index is 657. The van der Waals surface area contributed by atoms with E-state index in [-0.39, 0.29) is 5.75 Å². The smallest absolute Gasteiger partial charge is 0.240 e. The van der Waals surface area contributed by atoms with E-state index < -0.39 is 17.8 Å². The van der Waals surface area contributed by atoms with Gasteiger partial charge in [0.1, 0.15) is 11.9 Å². The lowest BCUT2D eigenvalue weighted by Crippen LogP contribution is -2.25. The van der Waals surface area contributed by atoms with Crippen molar-refractivity contribution in [2.75, 3.05) is 13.0 Å². The van der Waals surface area contributed by atoms with Gasteiger partial charge in [0.2, 0.25) is 5.91 Å². The molecular formula is C13H15ClFN3O2. The number of fused-ring (bicyclic) bond motifs is 1. The van der Waals surface area contributed by atoms with Crippen LogP contribution in [0.3, 0.4) is 0 Å². The lowest BCUT2D eigenvalue weighted by atomic mass is 10.2. The van der Waals surface area contributed by atoms with E-state index in [9.17, 15) is 9.18 Å². The summed E-state index contributed by atoms with van der Waals surface area (Å²) in [5, 5.41) is 0. The second-order valence-corrected chi connectivity index (χ2v) is 4.77. The van der Waals surface area contributed by atoms with Crippen LogP contribution in [-0.2, 0) is 11.2 Å². The molecule has 0 saturated heterocycles. The van der Waals surface area contributed by atoms with Crippen molar-refractivity contribution in [1.29, 1.82) is 0 Å². The van der Waals surface area contributed by atoms with Crippen molar-refractivity contribution in [3.05, 3.63) is 23.8 Å². The number of methoxy groups -OCH3 is 1. The SMILES string of the molecule is COc1cc2c(cc1F)nc(CCCl)n2C(C)C(N)=O. The molecule has 1 heterocycles. The third kappa shape index (κ3) is 2.43. The maximum atomic E-state index is 13.7. The van der Waals surface area contributed by atoms with Crippen molar-refractivity contribution in [3.63, 3.8) is 0 Å². The van der Waals surface area contributed by atoms with E-state index in [1.165, 1.54) is 19.2 Å². The second-order valence-electron chi connectivity index (χ2n) is 4.39. The normalized spacial score (nSPS) is 12.6. The molecule has 5 nitrogen and oxygen atoms in total. The molecule has 2 N–H and O–H groups in total. The van der Waals surface area contributed by atoms with Crippen LogP contribution in [0.2, 0.25) is 0 Å². The van der Waals surface area contributed by atoms with Crippen LogP contribution in [0.25, 0.3) is 11.0 Å². The van der Waals surface area contributed by atoms with Gasteiger partial charge in [-0.05, 0) is 6.92 Å². The fraction of sp³-hybridized carbons (Fsp3) is 0.385. The Hall–Kier alpha value is -1.82. The first kappa shape index (κ1) is 14.6. The number of carbonyl (C=O) groups is 1. The maximum Gasteiger partial charge on any atom is 0.240 e. The zero-order valence-electron chi connectivity index (χ0n) is 11.2. The van der Waals surface area contributed by atoms with Gasteiger partial charge in [0.15, 0.2) is 11.6 Å². The number of aryl methyl sites for hydroxylation is 1. The Morgan fingerprint density at radius 2 is 2.30 bits per heavy atom. The van der Waals surface area contributed by atoms with Gasteiger partial charge in [-0.25, -0.2) is 9.37 Å². The molecule has 0 spiro atoms. The molecular weight excluding hydrogens is 285 g/mol. The Balaban J connectivity index is 2.72. The molecule has 0 fully saturated rings. The number of carbonyl (C=O) groups excluding carboxylic acids is 1. The van der Waals surface area contributed by atoms with Gasteiger partial charge in [0.25, 0.3) is 0 Å². The van der Waals surface area contributed by atoms with Gasteiger partial charge in [-0.1, -0.05) is 0 Å². The molecule has 2 rings (SSSR count). The third-order valence-electron chi connectivity index (χ3n) is 3.15. The summed E-state index contributed by atoms with van der Waals surface area (Å²) in [5.74, 6) is 0.0212. The molecule has 0 aliphatic heterocycles. The summed E-state index contributed by atoms with van der Waals surface area (Å²) in [5.41, 5.74) is 6.39. The molecule has 1 unspecified atom stereocenters. The minimum Gasteiger partial charge on any atom is -0.494 e. The fourth-order valence-corrected chi connectivity index (χ4v) is 2.29. The molecule has 2 aromatic rings. The van der Waals surface area contributed by atoms with Crippen molar-refractivity contribution in [3.8, 4) is 5.75 Å². The summed E-state index contributed by atoms with van der Waals surface area (Å²) < 4.78 is 20.3. The van der Waals surface area contributed by atoms with Crippen LogP contribution in [0.5, 0.6) is 5.75 Å². The molecule has 0 saturated carbocycles. The average molecular weight is 300 g/mol. The van der Waals surface area contributed by atoms with Gasteiger partial charge in [-0.3, -0.25) is 4.79 Å². The van der Waals surface area contributed by atoms with Crippen molar-refractivity contribution in [2.45, 2.75) is 19.4 Å². The number of imidazole rings is 1. The number of nitrogens with two attached hydrogens (primary N) is 1. The molecule has 0 radical (unpaired) electrons. The number of aromatic nitrogens is 2. The van der Waals surface area contributed by atoms with E-state index in [1.54, 1.807) is 11.5 Å². The number of amides is 1. The van der Waals surface area contributed by atoms with Crippen molar-refractivity contribution < 1.29 is 13.9 Å². The van der Waals surface area contributed by atoms with E-state index in [4.69, 9.17) is 22.1 Å². The summed E-state index contributed by atoms with van der Waals surface area (Å²) >= 11 is 5.74. The predicted molar refractivity (Wildman–Crippen MR) is 74.6 cm³/mol. The summed E-state index contributed by atoms with van der Waals surface area (Å²) in [7, 11) is 1.38. The van der Waals surface area contributed by atoms with Crippen LogP contribution in [0.1, 0.15) is 18.8 Å². The molecule has 108 valence electrons. The van der Waals surface area contributed by atoms with Crippen LogP contribution in [0.15, 0.2) is 12.1 Å². The van der Waals surface area contributed by atoms with E-state index in [2.05, 4.69) is 4.98 Å². The van der Waals surface area contributed by atoms with Crippen LogP contribution in [-0.4, -0.2) is 28.4 Å². The molecule has 1 aromatic carbocycles. The van der Waals surface area contributed by atoms with Crippen molar-refractivity contribution in [1.82, 2.24) is 9.55 Å². The summed E-state index contributed by atoms with van der Waals surface area (Å²) in [6.07, 6.45) is 0.456. The van der Waals surface area contributed by atoms with Gasteiger partial charge in [0.05, 0.1) is 18.1 Å². The maximum absolute atomic E-state index is 13.7. The minimum atomic E-state index is -0.603. The monoisotopic (exact) mass is 299 g/mol. The fourth-order valence-electron chi connectivity index (χ4n) is 2.12. The van der Waals surface area contributed by atoms with Crippen molar-refractivity contribution in [2.24, 2.45) is 5.73 Å². The minimum absolute atomic E-state index is 0.0905. The van der Waals surface area contributed by atoms with Crippen molar-refractivity contribution >= 4 is 28.5 Å². The number of benzene rings is 1.